The van der Waals surface area contributed by atoms with Gasteiger partial charge in [0.2, 0.25) is 5.95 Å². The van der Waals surface area contributed by atoms with Gasteiger partial charge in [0.05, 0.1) is 23.2 Å². The van der Waals surface area contributed by atoms with E-state index in [-0.39, 0.29) is 30.6 Å². The number of aryl methyl sites for hydroxylation is 1. The number of anilines is 2. The predicted octanol–water partition coefficient (Wildman–Crippen LogP) is 5.90. The van der Waals surface area contributed by atoms with Gasteiger partial charge in [-0.1, -0.05) is 13.8 Å². The van der Waals surface area contributed by atoms with Crippen LogP contribution in [0.25, 0.3) is 22.2 Å². The Balaban J connectivity index is 1.43. The fourth-order valence-electron chi connectivity index (χ4n) is 4.48. The first kappa shape index (κ1) is 25.4. The van der Waals surface area contributed by atoms with Crippen molar-refractivity contribution in [2.45, 2.75) is 46.0 Å². The lowest BCUT2D eigenvalue weighted by Gasteiger charge is -2.24. The molecule has 12 heteroatoms. The minimum Gasteiger partial charge on any atom is -0.447 e. The molecule has 2 N–H and O–H groups in total. The Kier molecular flexibility index (Phi) is 6.41. The van der Waals surface area contributed by atoms with Crippen molar-refractivity contribution in [2.24, 2.45) is 5.92 Å². The highest BCUT2D eigenvalue weighted by molar-refractivity contribution is 5.99. The Morgan fingerprint density at radius 1 is 1.16 bits per heavy atom. The summed E-state index contributed by atoms with van der Waals surface area (Å²) in [6, 6.07) is 5.64. The molecule has 5 rings (SSSR count). The van der Waals surface area contributed by atoms with Crippen LogP contribution in [0.4, 0.5) is 29.7 Å². The molecule has 4 aromatic heterocycles. The average molecular weight is 526 g/mol. The number of nitrogens with zero attached hydrogens (tertiary/aromatic N) is 5. The van der Waals surface area contributed by atoms with E-state index < -0.39 is 18.0 Å². The first-order valence-corrected chi connectivity index (χ1v) is 12.1. The van der Waals surface area contributed by atoms with E-state index in [1.165, 1.54) is 6.07 Å². The number of carbonyl (C=O) groups excluding carboxylic acids is 1. The van der Waals surface area contributed by atoms with Crippen molar-refractivity contribution >= 4 is 28.9 Å². The summed E-state index contributed by atoms with van der Waals surface area (Å²) in [6.07, 6.45) is -0.570. The molecule has 0 bridgehead atoms. The van der Waals surface area contributed by atoms with Gasteiger partial charge < -0.3 is 15.0 Å². The van der Waals surface area contributed by atoms with E-state index in [4.69, 9.17) is 4.74 Å². The van der Waals surface area contributed by atoms with E-state index in [9.17, 15) is 18.0 Å². The maximum atomic E-state index is 13.1. The van der Waals surface area contributed by atoms with Crippen molar-refractivity contribution in [1.82, 2.24) is 24.9 Å². The number of nitrogens with one attached hydrogen (secondary N) is 2. The Morgan fingerprint density at radius 3 is 2.66 bits per heavy atom. The molecule has 0 aromatic carbocycles. The molecular formula is C26H26F3N7O2. The fraction of sp³-hybridized carbons (Fsp3) is 0.346. The lowest BCUT2D eigenvalue weighted by atomic mass is 10.0. The Labute approximate surface area is 216 Å². The van der Waals surface area contributed by atoms with Crippen LogP contribution in [0, 0.1) is 12.8 Å². The number of ether oxygens (including phenoxy) is 1. The summed E-state index contributed by atoms with van der Waals surface area (Å²) >= 11 is 0. The molecule has 0 saturated carbocycles. The van der Waals surface area contributed by atoms with Crippen LogP contribution in [-0.4, -0.2) is 43.7 Å². The highest BCUT2D eigenvalue weighted by Gasteiger charge is 2.38. The number of aromatic nitrogens is 5. The molecule has 9 nitrogen and oxygen atoms in total. The zero-order valence-electron chi connectivity index (χ0n) is 21.2. The van der Waals surface area contributed by atoms with Gasteiger partial charge in [-0.15, -0.1) is 0 Å². The maximum Gasteiger partial charge on any atom is 0.433 e. The number of aromatic amines is 1. The van der Waals surface area contributed by atoms with Gasteiger partial charge in [-0.05, 0) is 55.2 Å². The third kappa shape index (κ3) is 4.73. The molecule has 0 radical (unpaired) electrons. The van der Waals surface area contributed by atoms with Crippen LogP contribution in [0.2, 0.25) is 0 Å². The van der Waals surface area contributed by atoms with Crippen LogP contribution >= 0.6 is 0 Å². The van der Waals surface area contributed by atoms with Gasteiger partial charge >= 0.3 is 12.3 Å². The number of hydrogen-bond acceptors (Lipinski definition) is 7. The highest BCUT2D eigenvalue weighted by Crippen LogP contribution is 2.34. The summed E-state index contributed by atoms with van der Waals surface area (Å²) in [4.78, 5) is 34.4. The monoisotopic (exact) mass is 525 g/mol. The summed E-state index contributed by atoms with van der Waals surface area (Å²) in [5.74, 6) is 0.890. The van der Waals surface area contributed by atoms with Crippen LogP contribution in [0.3, 0.4) is 0 Å². The van der Waals surface area contributed by atoms with Crippen molar-refractivity contribution < 1.29 is 22.7 Å². The first-order valence-electron chi connectivity index (χ1n) is 12.1. The largest absolute Gasteiger partial charge is 0.447 e. The van der Waals surface area contributed by atoms with Gasteiger partial charge in [-0.25, -0.2) is 4.79 Å². The number of pyridine rings is 2. The van der Waals surface area contributed by atoms with Gasteiger partial charge in [0, 0.05) is 24.2 Å². The first-order chi connectivity index (χ1) is 18.0. The number of carbonyl (C=O) groups is 1. The van der Waals surface area contributed by atoms with Crippen molar-refractivity contribution in [1.29, 1.82) is 0 Å². The van der Waals surface area contributed by atoms with E-state index >= 15 is 0 Å². The van der Waals surface area contributed by atoms with Crippen LogP contribution < -0.4 is 10.2 Å². The molecule has 1 aliphatic heterocycles. The topological polar surface area (TPSA) is 109 Å². The van der Waals surface area contributed by atoms with Crippen molar-refractivity contribution in [3.8, 4) is 11.1 Å². The number of hydrogen-bond donors (Lipinski definition) is 2. The Bertz CT molecular complexity index is 1500. The minimum atomic E-state index is -4.53. The highest BCUT2D eigenvalue weighted by atomic mass is 19.4. The maximum absolute atomic E-state index is 13.1. The quantitative estimate of drug-likeness (QED) is 0.323. The summed E-state index contributed by atoms with van der Waals surface area (Å²) in [5, 5.41) is 3.93. The van der Waals surface area contributed by atoms with Crippen LogP contribution in [0.1, 0.15) is 43.8 Å². The zero-order valence-corrected chi connectivity index (χ0v) is 21.2. The molecule has 5 heterocycles. The molecule has 4 aromatic rings. The molecule has 38 heavy (non-hydrogen) atoms. The number of rotatable bonds is 6. The Hall–Kier alpha value is -4.22. The van der Waals surface area contributed by atoms with Crippen LogP contribution in [0.15, 0.2) is 42.9 Å². The minimum absolute atomic E-state index is 0.152. The lowest BCUT2D eigenvalue weighted by Crippen LogP contribution is -2.38. The molecule has 1 aliphatic rings. The summed E-state index contributed by atoms with van der Waals surface area (Å²) in [6.45, 7) is 8.00. The standard InChI is InChI=1S/C26H26F3N7O2/c1-13(2)20-12-38-25(37)36(20)23-17-6-8-31-22(17)34-24(35-23)33-15(4)19-9-14(3)18(11-32-19)16-5-7-30-21(10-16)26(27,28)29/h5-11,13,15,20H,12H2,1-4H3,(H2,31,33,34,35)/t15-,20-/m1/s1. The number of alkyl halides is 3. The van der Waals surface area contributed by atoms with Crippen molar-refractivity contribution in [2.75, 3.05) is 16.8 Å². The average Bonchev–Trinajstić information content (AvgIpc) is 3.49. The van der Waals surface area contributed by atoms with Crippen molar-refractivity contribution in [3.05, 3.63) is 59.8 Å². The van der Waals surface area contributed by atoms with E-state index in [1.54, 1.807) is 23.4 Å². The second kappa shape index (κ2) is 9.58. The molecule has 1 amide bonds. The number of amides is 1. The van der Waals surface area contributed by atoms with Gasteiger partial charge in [0.25, 0.3) is 0 Å². The smallest absolute Gasteiger partial charge is 0.433 e. The van der Waals surface area contributed by atoms with Crippen molar-refractivity contribution in [3.63, 3.8) is 0 Å². The number of fused-ring (bicyclic) bond motifs is 1. The van der Waals surface area contributed by atoms with Gasteiger partial charge in [0.15, 0.2) is 5.82 Å². The van der Waals surface area contributed by atoms with E-state index in [1.807, 2.05) is 33.8 Å². The SMILES string of the molecule is Cc1cc([C@@H](C)Nc2nc(N3C(=O)OC[C@@H]3C(C)C)c3cc[nH]c3n2)ncc1-c1ccnc(C(F)(F)F)c1. The number of H-pyrrole nitrogens is 1. The van der Waals surface area contributed by atoms with Gasteiger partial charge in [-0.2, -0.15) is 23.1 Å². The third-order valence-corrected chi connectivity index (χ3v) is 6.58. The molecule has 198 valence electrons. The normalized spacial score (nSPS) is 16.8. The predicted molar refractivity (Wildman–Crippen MR) is 136 cm³/mol. The number of halogens is 3. The second-order valence-corrected chi connectivity index (χ2v) is 9.59. The third-order valence-electron chi connectivity index (χ3n) is 6.58. The molecule has 0 spiro atoms. The second-order valence-electron chi connectivity index (χ2n) is 9.59. The molecular weight excluding hydrogens is 499 g/mol. The molecule has 0 unspecified atom stereocenters. The van der Waals surface area contributed by atoms with Gasteiger partial charge in [-0.3, -0.25) is 14.9 Å². The zero-order chi connectivity index (χ0) is 27.2. The van der Waals surface area contributed by atoms with Crippen LogP contribution in [-0.2, 0) is 10.9 Å². The van der Waals surface area contributed by atoms with E-state index in [2.05, 4.69) is 30.2 Å². The van der Waals surface area contributed by atoms with E-state index in [0.29, 0.717) is 33.7 Å². The number of cyclic esters (lactones) is 1. The fourth-order valence-corrected chi connectivity index (χ4v) is 4.48. The van der Waals surface area contributed by atoms with Crippen LogP contribution in [0.5, 0.6) is 0 Å². The molecule has 1 saturated heterocycles. The summed E-state index contributed by atoms with van der Waals surface area (Å²) in [5.41, 5.74) is 1.96. The lowest BCUT2D eigenvalue weighted by molar-refractivity contribution is -0.141. The summed E-state index contributed by atoms with van der Waals surface area (Å²) < 4.78 is 44.7. The summed E-state index contributed by atoms with van der Waals surface area (Å²) in [7, 11) is 0. The molecule has 0 aliphatic carbocycles. The van der Waals surface area contributed by atoms with E-state index in [0.717, 1.165) is 17.8 Å². The Morgan fingerprint density at radius 2 is 1.95 bits per heavy atom. The molecule has 1 fully saturated rings. The molecule has 2 atom stereocenters. The van der Waals surface area contributed by atoms with Gasteiger partial charge in [0.1, 0.15) is 17.9 Å².